The zero-order valence-corrected chi connectivity index (χ0v) is 26.2. The molecule has 0 amide bonds. The lowest BCUT2D eigenvalue weighted by Crippen LogP contribution is -2.25. The van der Waals surface area contributed by atoms with Gasteiger partial charge in [-0.05, 0) is 110 Å². The van der Waals surface area contributed by atoms with Crippen LogP contribution in [0.4, 0.5) is 34.1 Å². The Morgan fingerprint density at radius 1 is 0.512 bits per heavy atom. The van der Waals surface area contributed by atoms with E-state index in [9.17, 15) is 8.42 Å². The van der Waals surface area contributed by atoms with Crippen LogP contribution in [-0.4, -0.2) is 35.6 Å². The maximum atomic E-state index is 13.2. The summed E-state index contributed by atoms with van der Waals surface area (Å²) in [7, 11) is 0.250. The minimum absolute atomic E-state index is 0.183. The van der Waals surface area contributed by atoms with Crippen LogP contribution < -0.4 is 9.80 Å². The van der Waals surface area contributed by atoms with Gasteiger partial charge in [0.1, 0.15) is 0 Å². The van der Waals surface area contributed by atoms with Crippen LogP contribution >= 0.6 is 0 Å². The van der Waals surface area contributed by atoms with Crippen LogP contribution in [0.25, 0.3) is 0 Å². The molecule has 4 rings (SSSR count). The Balaban J connectivity index is 1.38. The molecule has 0 saturated carbocycles. The topological polar surface area (TPSA) is 90.1 Å². The molecule has 4 aromatic carbocycles. The van der Waals surface area contributed by atoms with E-state index in [1.54, 1.807) is 48.5 Å². The van der Waals surface area contributed by atoms with Crippen LogP contribution in [-0.2, 0) is 9.84 Å². The van der Waals surface area contributed by atoms with Gasteiger partial charge in [0.2, 0.25) is 9.84 Å². The van der Waals surface area contributed by atoms with E-state index in [1.165, 1.54) is 31.4 Å². The SMILES string of the molecule is CCCCN(CCCC)c1ccc(N=Nc2ccc(S(=O)(=O)c3ccc(N=Nc4ccc(N(C)C)cc4)cc3)cc2)cc1. The molecule has 0 aromatic heterocycles. The predicted octanol–water partition coefficient (Wildman–Crippen LogP) is 9.82. The highest BCUT2D eigenvalue weighted by Gasteiger charge is 2.17. The number of benzene rings is 4. The maximum absolute atomic E-state index is 13.2. The third kappa shape index (κ3) is 8.81. The van der Waals surface area contributed by atoms with Gasteiger partial charge >= 0.3 is 0 Å². The van der Waals surface area contributed by atoms with Crippen molar-refractivity contribution >= 4 is 44.0 Å². The molecule has 0 bridgehead atoms. The van der Waals surface area contributed by atoms with Crippen LogP contribution in [0.3, 0.4) is 0 Å². The maximum Gasteiger partial charge on any atom is 0.206 e. The first-order valence-corrected chi connectivity index (χ1v) is 16.2. The summed E-state index contributed by atoms with van der Waals surface area (Å²) in [5.41, 5.74) is 4.87. The Morgan fingerprint density at radius 3 is 1.16 bits per heavy atom. The van der Waals surface area contributed by atoms with Gasteiger partial charge in [-0.2, -0.15) is 20.5 Å². The number of sulfone groups is 1. The molecule has 0 spiro atoms. The predicted molar refractivity (Wildman–Crippen MR) is 176 cm³/mol. The Kier molecular flexibility index (Phi) is 11.2. The normalized spacial score (nSPS) is 11.8. The summed E-state index contributed by atoms with van der Waals surface area (Å²) in [5.74, 6) is 0. The lowest BCUT2D eigenvalue weighted by molar-refractivity contribution is 0.596. The quantitative estimate of drug-likeness (QED) is 0.135. The molecule has 0 radical (unpaired) electrons. The summed E-state index contributed by atoms with van der Waals surface area (Å²) >= 11 is 0. The summed E-state index contributed by atoms with van der Waals surface area (Å²) in [4.78, 5) is 4.80. The number of rotatable bonds is 14. The zero-order valence-electron chi connectivity index (χ0n) is 25.4. The Hall–Kier alpha value is -4.37. The second kappa shape index (κ2) is 15.2. The zero-order chi connectivity index (χ0) is 30.7. The van der Waals surface area contributed by atoms with Gasteiger partial charge in [0.25, 0.3) is 0 Å². The van der Waals surface area contributed by atoms with Crippen molar-refractivity contribution in [1.29, 1.82) is 0 Å². The number of nitrogens with zero attached hydrogens (tertiary/aromatic N) is 6. The van der Waals surface area contributed by atoms with Gasteiger partial charge < -0.3 is 9.80 Å². The molecule has 0 N–H and O–H groups in total. The van der Waals surface area contributed by atoms with Crippen LogP contribution in [0, 0.1) is 0 Å². The van der Waals surface area contributed by atoms with Gasteiger partial charge in [-0.3, -0.25) is 0 Å². The van der Waals surface area contributed by atoms with Crippen molar-refractivity contribution < 1.29 is 8.42 Å². The third-order valence-electron chi connectivity index (χ3n) is 7.00. The van der Waals surface area contributed by atoms with E-state index in [4.69, 9.17) is 0 Å². The molecule has 43 heavy (non-hydrogen) atoms. The fourth-order valence-electron chi connectivity index (χ4n) is 4.37. The molecule has 9 heteroatoms. The van der Waals surface area contributed by atoms with E-state index in [0.717, 1.165) is 24.5 Å². The average molecular weight is 597 g/mol. The van der Waals surface area contributed by atoms with E-state index < -0.39 is 9.84 Å². The van der Waals surface area contributed by atoms with Crippen LogP contribution in [0.1, 0.15) is 39.5 Å². The molecular weight excluding hydrogens is 556 g/mol. The molecule has 0 saturated heterocycles. The lowest BCUT2D eigenvalue weighted by Gasteiger charge is -2.24. The van der Waals surface area contributed by atoms with Gasteiger partial charge in [-0.25, -0.2) is 8.42 Å². The molecule has 224 valence electrons. The summed E-state index contributed by atoms with van der Waals surface area (Å²) < 4.78 is 26.4. The summed E-state index contributed by atoms with van der Waals surface area (Å²) in [5, 5.41) is 17.1. The Labute approximate surface area is 255 Å². The second-order valence-electron chi connectivity index (χ2n) is 10.5. The molecule has 0 fully saturated rings. The molecule has 0 aliphatic carbocycles. The molecule has 4 aromatic rings. The van der Waals surface area contributed by atoms with Crippen LogP contribution in [0.2, 0.25) is 0 Å². The van der Waals surface area contributed by atoms with Crippen molar-refractivity contribution in [3.63, 3.8) is 0 Å². The summed E-state index contributed by atoms with van der Waals surface area (Å²) in [6.07, 6.45) is 4.67. The number of azo groups is 2. The summed E-state index contributed by atoms with van der Waals surface area (Å²) in [6, 6.07) is 28.6. The first kappa shape index (κ1) is 31.6. The fraction of sp³-hybridized carbons (Fsp3) is 0.294. The minimum atomic E-state index is -3.70. The van der Waals surface area contributed by atoms with Crippen molar-refractivity contribution in [3.05, 3.63) is 97.1 Å². The first-order chi connectivity index (χ1) is 20.8. The van der Waals surface area contributed by atoms with E-state index in [0.29, 0.717) is 17.1 Å². The number of hydrogen-bond acceptors (Lipinski definition) is 8. The highest BCUT2D eigenvalue weighted by atomic mass is 32.2. The number of unbranched alkanes of at least 4 members (excludes halogenated alkanes) is 2. The van der Waals surface area contributed by atoms with E-state index >= 15 is 0 Å². The monoisotopic (exact) mass is 596 g/mol. The van der Waals surface area contributed by atoms with Gasteiger partial charge in [0.15, 0.2) is 0 Å². The molecule has 0 heterocycles. The van der Waals surface area contributed by atoms with Crippen molar-refractivity contribution in [2.45, 2.75) is 49.3 Å². The third-order valence-corrected chi connectivity index (χ3v) is 8.79. The standard InChI is InChI=1S/C34H40N6O2S/c1-5-7-25-40(26-8-6-2)32-19-11-28(12-20-32)36-38-30-15-23-34(24-16-30)43(41,42)33-21-13-29(14-22-33)37-35-27-9-17-31(18-10-27)39(3)4/h9-24H,5-8,25-26H2,1-4H3. The van der Waals surface area contributed by atoms with Gasteiger partial charge in [0, 0.05) is 38.6 Å². The fourth-order valence-corrected chi connectivity index (χ4v) is 5.63. The van der Waals surface area contributed by atoms with Gasteiger partial charge in [0.05, 0.1) is 32.5 Å². The van der Waals surface area contributed by atoms with Crippen LogP contribution in [0.5, 0.6) is 0 Å². The average Bonchev–Trinajstić information content (AvgIpc) is 3.04. The molecule has 0 unspecified atom stereocenters. The van der Waals surface area contributed by atoms with E-state index in [1.807, 2.05) is 55.4 Å². The number of anilines is 2. The van der Waals surface area contributed by atoms with Crippen molar-refractivity contribution in [2.75, 3.05) is 37.0 Å². The molecular formula is C34H40N6O2S. The molecule has 0 atom stereocenters. The van der Waals surface area contributed by atoms with Crippen molar-refractivity contribution in [2.24, 2.45) is 20.5 Å². The molecule has 8 nitrogen and oxygen atoms in total. The smallest absolute Gasteiger partial charge is 0.206 e. The lowest BCUT2D eigenvalue weighted by atomic mass is 10.2. The first-order valence-electron chi connectivity index (χ1n) is 14.7. The minimum Gasteiger partial charge on any atom is -0.378 e. The van der Waals surface area contributed by atoms with E-state index in [2.05, 4.69) is 51.3 Å². The highest BCUT2D eigenvalue weighted by molar-refractivity contribution is 7.91. The van der Waals surface area contributed by atoms with Crippen LogP contribution in [0.15, 0.2) is 127 Å². The van der Waals surface area contributed by atoms with E-state index in [-0.39, 0.29) is 9.79 Å². The van der Waals surface area contributed by atoms with Crippen molar-refractivity contribution in [3.8, 4) is 0 Å². The molecule has 0 aliphatic heterocycles. The van der Waals surface area contributed by atoms with Gasteiger partial charge in [-0.1, -0.05) is 26.7 Å². The highest BCUT2D eigenvalue weighted by Crippen LogP contribution is 2.28. The Morgan fingerprint density at radius 2 is 0.837 bits per heavy atom. The largest absolute Gasteiger partial charge is 0.378 e. The number of hydrogen-bond donors (Lipinski definition) is 0. The van der Waals surface area contributed by atoms with Gasteiger partial charge in [-0.15, -0.1) is 0 Å². The summed E-state index contributed by atoms with van der Waals surface area (Å²) in [6.45, 7) is 6.52. The Bertz CT molecular complexity index is 1590. The molecule has 0 aliphatic rings. The van der Waals surface area contributed by atoms with Crippen molar-refractivity contribution in [1.82, 2.24) is 0 Å². The second-order valence-corrected chi connectivity index (χ2v) is 12.5.